The number of aliphatic hydroxyl groups excluding tert-OH is 1. The molecule has 1 amide bonds. The molecule has 0 spiro atoms. The largest absolute Gasteiger partial charge is 0.496 e. The Labute approximate surface area is 249 Å². The summed E-state index contributed by atoms with van der Waals surface area (Å²) in [6.45, 7) is 12.8. The number of carbonyl (C=O) groups is 1. The van der Waals surface area contributed by atoms with Crippen molar-refractivity contribution in [2.24, 2.45) is 5.92 Å². The van der Waals surface area contributed by atoms with Gasteiger partial charge in [0.2, 0.25) is 5.91 Å². The van der Waals surface area contributed by atoms with Gasteiger partial charge in [0.25, 0.3) is 5.56 Å². The molecule has 4 rings (SSSR count). The van der Waals surface area contributed by atoms with Gasteiger partial charge >= 0.3 is 5.69 Å². The topological polar surface area (TPSA) is 133 Å². The molecule has 0 saturated carbocycles. The highest BCUT2D eigenvalue weighted by molar-refractivity contribution is 7.21. The number of nitrogens with zero attached hydrogens (tertiary/aromatic N) is 5. The van der Waals surface area contributed by atoms with Crippen LogP contribution >= 0.6 is 11.3 Å². The van der Waals surface area contributed by atoms with E-state index in [2.05, 4.69) is 15.5 Å². The Morgan fingerprint density at radius 1 is 1.19 bits per heavy atom. The summed E-state index contributed by atoms with van der Waals surface area (Å²) in [4.78, 5) is 42.6. The van der Waals surface area contributed by atoms with Gasteiger partial charge in [0.15, 0.2) is 0 Å². The quantitative estimate of drug-likeness (QED) is 0.298. The van der Waals surface area contributed by atoms with Gasteiger partial charge in [-0.1, -0.05) is 25.2 Å². The van der Waals surface area contributed by atoms with E-state index in [4.69, 9.17) is 9.84 Å². The third-order valence-electron chi connectivity index (χ3n) is 6.53. The van der Waals surface area contributed by atoms with Crippen LogP contribution in [0.15, 0.2) is 40.2 Å². The normalized spacial score (nSPS) is 11.6. The molecule has 4 aromatic rings. The number of fused-ring (bicyclic) bond motifs is 1. The molecule has 13 heteroatoms. The van der Waals surface area contributed by atoms with Crippen molar-refractivity contribution in [2.45, 2.75) is 73.0 Å². The van der Waals surface area contributed by atoms with E-state index in [0.29, 0.717) is 44.6 Å². The van der Waals surface area contributed by atoms with E-state index in [9.17, 15) is 18.8 Å². The molecule has 11 nitrogen and oxygen atoms in total. The molecule has 0 aliphatic rings. The lowest BCUT2D eigenvalue weighted by Crippen LogP contribution is -2.56. The Morgan fingerprint density at radius 2 is 1.81 bits per heavy atom. The number of aryl methyl sites for hydroxylation is 3. The van der Waals surface area contributed by atoms with Crippen molar-refractivity contribution < 1.29 is 20.5 Å². The maximum Gasteiger partial charge on any atom is 0.333 e. The number of rotatable bonds is 9. The van der Waals surface area contributed by atoms with Crippen LogP contribution in [-0.4, -0.2) is 54.9 Å². The molecule has 2 N–H and O–H groups in total. The molecular formula is C29H41FN6O5S. The van der Waals surface area contributed by atoms with Crippen molar-refractivity contribution in [3.8, 4) is 10.8 Å². The number of aromatic nitrogens is 5. The summed E-state index contributed by atoms with van der Waals surface area (Å²) >= 11 is 1.20. The van der Waals surface area contributed by atoms with Crippen molar-refractivity contribution >= 4 is 27.5 Å². The lowest BCUT2D eigenvalue weighted by Gasteiger charge is -2.27. The number of benzene rings is 1. The van der Waals surface area contributed by atoms with Crippen LogP contribution in [0.5, 0.6) is 5.75 Å². The van der Waals surface area contributed by atoms with E-state index in [1.54, 1.807) is 20.8 Å². The zero-order valence-electron chi connectivity index (χ0n) is 25.3. The maximum atomic E-state index is 14.0. The fourth-order valence-electron chi connectivity index (χ4n) is 4.25. The second-order valence-electron chi connectivity index (χ2n) is 11.1. The molecule has 0 aliphatic heterocycles. The molecule has 0 bridgehead atoms. The minimum Gasteiger partial charge on any atom is -0.496 e. The molecular weight excluding hydrogens is 563 g/mol. The molecule has 0 unspecified atom stereocenters. The minimum absolute atomic E-state index is 0. The standard InChI is InChI=1S/C25H29FN6O4S.C4H10O.H2/c1-14(2)29-23(34)25(4,5)31-20(33)19-15(3)21(32-27-10-11-28-32)37-22(19)30(24(31)35)12-9-16-13-17(26)7-8-18(16)36-6;1-4(2)3-5;/h7-8,10-11,13-14H,9,12H2,1-6H3,(H,29,34);4-5H,3H2,1-2H3;1H. The first-order chi connectivity index (χ1) is 19.7. The van der Waals surface area contributed by atoms with Crippen LogP contribution in [0.3, 0.4) is 0 Å². The highest BCUT2D eigenvalue weighted by Gasteiger charge is 2.35. The molecule has 1 aromatic carbocycles. The average Bonchev–Trinajstić information content (AvgIpc) is 3.56. The van der Waals surface area contributed by atoms with Gasteiger partial charge in [-0.2, -0.15) is 10.2 Å². The Balaban J connectivity index is 0.000000993. The van der Waals surface area contributed by atoms with Crippen molar-refractivity contribution in [2.75, 3.05) is 13.7 Å². The number of aliphatic hydroxyl groups is 1. The summed E-state index contributed by atoms with van der Waals surface area (Å²) < 4.78 is 21.8. The first-order valence-electron chi connectivity index (χ1n) is 13.6. The highest BCUT2D eigenvalue weighted by Crippen LogP contribution is 2.31. The zero-order valence-corrected chi connectivity index (χ0v) is 26.1. The second-order valence-corrected chi connectivity index (χ2v) is 12.1. The van der Waals surface area contributed by atoms with Gasteiger partial charge in [-0.15, -0.1) is 4.80 Å². The van der Waals surface area contributed by atoms with E-state index in [1.807, 2.05) is 13.8 Å². The Bertz CT molecular complexity index is 1660. The summed E-state index contributed by atoms with van der Waals surface area (Å²) in [5.41, 5.74) is -1.54. The van der Waals surface area contributed by atoms with Gasteiger partial charge in [-0.05, 0) is 70.7 Å². The summed E-state index contributed by atoms with van der Waals surface area (Å²) in [6.07, 6.45) is 3.29. The lowest BCUT2D eigenvalue weighted by atomic mass is 10.0. The third kappa shape index (κ3) is 6.79. The number of thiophene rings is 1. The molecule has 0 radical (unpaired) electrons. The van der Waals surface area contributed by atoms with E-state index in [-0.39, 0.29) is 20.4 Å². The number of carbonyl (C=O) groups excluding carboxylic acids is 1. The molecule has 3 heterocycles. The monoisotopic (exact) mass is 604 g/mol. The molecule has 230 valence electrons. The lowest BCUT2D eigenvalue weighted by molar-refractivity contribution is -0.129. The van der Waals surface area contributed by atoms with Crippen LogP contribution in [0.4, 0.5) is 4.39 Å². The number of hydrogen-bond acceptors (Lipinski definition) is 8. The molecule has 0 atom stereocenters. The number of nitrogens with one attached hydrogen (secondary N) is 1. The molecule has 0 saturated heterocycles. The van der Waals surface area contributed by atoms with E-state index >= 15 is 0 Å². The zero-order chi connectivity index (χ0) is 31.4. The van der Waals surface area contributed by atoms with Crippen LogP contribution in [0, 0.1) is 18.7 Å². The molecule has 3 aromatic heterocycles. The third-order valence-corrected chi connectivity index (χ3v) is 7.82. The molecule has 0 fully saturated rings. The fourth-order valence-corrected chi connectivity index (χ4v) is 5.49. The summed E-state index contributed by atoms with van der Waals surface area (Å²) in [7, 11) is 1.49. The Hall–Kier alpha value is -3.84. The maximum absolute atomic E-state index is 14.0. The van der Waals surface area contributed by atoms with Crippen molar-refractivity contribution in [3.63, 3.8) is 0 Å². The van der Waals surface area contributed by atoms with Gasteiger partial charge in [0.1, 0.15) is 26.9 Å². The predicted octanol–water partition coefficient (Wildman–Crippen LogP) is 3.64. The van der Waals surface area contributed by atoms with Gasteiger partial charge < -0.3 is 15.2 Å². The number of hydrogen-bond donors (Lipinski definition) is 2. The van der Waals surface area contributed by atoms with E-state index in [1.165, 1.54) is 72.3 Å². The molecule has 42 heavy (non-hydrogen) atoms. The van der Waals surface area contributed by atoms with Crippen LogP contribution in [0.25, 0.3) is 15.2 Å². The highest BCUT2D eigenvalue weighted by atomic mass is 32.1. The summed E-state index contributed by atoms with van der Waals surface area (Å²) in [6, 6.07) is 4.00. The van der Waals surface area contributed by atoms with E-state index < -0.39 is 28.5 Å². The number of ether oxygens (including phenoxy) is 1. The smallest absolute Gasteiger partial charge is 0.333 e. The fraction of sp³-hybridized carbons (Fsp3) is 0.483. The second kappa shape index (κ2) is 13.4. The van der Waals surface area contributed by atoms with Gasteiger partial charge in [-0.3, -0.25) is 14.2 Å². The minimum atomic E-state index is -1.48. The number of amides is 1. The van der Waals surface area contributed by atoms with Crippen LogP contribution in [0.1, 0.15) is 54.1 Å². The van der Waals surface area contributed by atoms with Crippen molar-refractivity contribution in [1.29, 1.82) is 0 Å². The number of halogens is 1. The van der Waals surface area contributed by atoms with Crippen LogP contribution in [0.2, 0.25) is 0 Å². The van der Waals surface area contributed by atoms with Crippen molar-refractivity contribution in [3.05, 3.63) is 68.4 Å². The Kier molecular flexibility index (Phi) is 10.4. The summed E-state index contributed by atoms with van der Waals surface area (Å²) in [5, 5.41) is 20.2. The predicted molar refractivity (Wildman–Crippen MR) is 163 cm³/mol. The first-order valence-corrected chi connectivity index (χ1v) is 14.5. The summed E-state index contributed by atoms with van der Waals surface area (Å²) in [5.74, 6) is 0.0412. The first kappa shape index (κ1) is 32.7. The molecule has 0 aliphatic carbocycles. The average molecular weight is 605 g/mol. The SMILES string of the molecule is CC(C)CO.COc1ccc(F)cc1CCn1c(=O)n(C(C)(C)C(=O)NC(C)C)c(=O)c2c(C)c(-n3nccn3)sc21.[HH]. The Morgan fingerprint density at radius 3 is 2.36 bits per heavy atom. The van der Waals surface area contributed by atoms with Gasteiger partial charge in [0.05, 0.1) is 24.9 Å². The van der Waals surface area contributed by atoms with Gasteiger partial charge in [0, 0.05) is 26.2 Å². The van der Waals surface area contributed by atoms with Gasteiger partial charge in [-0.25, -0.2) is 13.8 Å². The van der Waals surface area contributed by atoms with Crippen molar-refractivity contribution in [1.82, 2.24) is 29.4 Å². The number of methoxy groups -OCH3 is 1. The van der Waals surface area contributed by atoms with E-state index in [0.717, 1.165) is 4.57 Å². The van der Waals surface area contributed by atoms with Crippen LogP contribution in [-0.2, 0) is 23.3 Å². The van der Waals surface area contributed by atoms with Crippen LogP contribution < -0.4 is 21.3 Å².